The second-order valence-electron chi connectivity index (χ2n) is 6.36. The lowest BCUT2D eigenvalue weighted by atomic mass is 9.95. The molecule has 2 heteroatoms. The Morgan fingerprint density at radius 1 is 1.21 bits per heavy atom. The molecule has 2 aliphatic rings. The molecule has 1 fully saturated rings. The highest BCUT2D eigenvalue weighted by Gasteiger charge is 2.24. The van der Waals surface area contributed by atoms with Gasteiger partial charge in [-0.05, 0) is 61.3 Å². The van der Waals surface area contributed by atoms with Crippen molar-refractivity contribution in [2.24, 2.45) is 5.92 Å². The first kappa shape index (κ1) is 13.0. The van der Waals surface area contributed by atoms with E-state index in [1.165, 1.54) is 24.9 Å². The maximum Gasteiger partial charge on any atom is 0.0617 e. The van der Waals surface area contributed by atoms with E-state index in [0.717, 1.165) is 19.4 Å². The third-order valence-corrected chi connectivity index (χ3v) is 4.53. The number of ether oxygens (including phenoxy) is 1. The van der Waals surface area contributed by atoms with Gasteiger partial charge in [-0.15, -0.1) is 0 Å². The number of hydrogen-bond acceptors (Lipinski definition) is 2. The Morgan fingerprint density at radius 3 is 2.89 bits per heavy atom. The summed E-state index contributed by atoms with van der Waals surface area (Å²) in [6.45, 7) is 5.40. The van der Waals surface area contributed by atoms with Crippen LogP contribution in [0.25, 0.3) is 0 Å². The van der Waals surface area contributed by atoms with Crippen LogP contribution in [0.3, 0.4) is 0 Å². The summed E-state index contributed by atoms with van der Waals surface area (Å²) in [7, 11) is 0. The van der Waals surface area contributed by atoms with Crippen molar-refractivity contribution in [1.29, 1.82) is 0 Å². The van der Waals surface area contributed by atoms with E-state index < -0.39 is 0 Å². The molecule has 1 aliphatic heterocycles. The second kappa shape index (κ2) is 5.54. The zero-order valence-corrected chi connectivity index (χ0v) is 12.1. The molecule has 0 amide bonds. The van der Waals surface area contributed by atoms with Crippen LogP contribution >= 0.6 is 0 Å². The SMILES string of the molecule is CC(C)C1CC(Nc2ccc3c(c2)CCC3)CCO1. The zero-order valence-electron chi connectivity index (χ0n) is 12.1. The molecule has 1 aromatic rings. The smallest absolute Gasteiger partial charge is 0.0617 e. The first-order chi connectivity index (χ1) is 9.22. The molecule has 3 rings (SSSR count). The number of hydrogen-bond donors (Lipinski definition) is 1. The van der Waals surface area contributed by atoms with Crippen molar-refractivity contribution in [2.75, 3.05) is 11.9 Å². The van der Waals surface area contributed by atoms with Crippen LogP contribution < -0.4 is 5.32 Å². The van der Waals surface area contributed by atoms with Gasteiger partial charge < -0.3 is 10.1 Å². The van der Waals surface area contributed by atoms with Gasteiger partial charge in [0.25, 0.3) is 0 Å². The maximum atomic E-state index is 5.84. The van der Waals surface area contributed by atoms with Crippen molar-refractivity contribution in [1.82, 2.24) is 0 Å². The van der Waals surface area contributed by atoms with Gasteiger partial charge in [0, 0.05) is 18.3 Å². The molecule has 104 valence electrons. The van der Waals surface area contributed by atoms with Crippen molar-refractivity contribution < 1.29 is 4.74 Å². The minimum Gasteiger partial charge on any atom is -0.382 e. The third kappa shape index (κ3) is 2.94. The van der Waals surface area contributed by atoms with Gasteiger partial charge in [-0.1, -0.05) is 19.9 Å². The molecular weight excluding hydrogens is 234 g/mol. The molecule has 1 saturated heterocycles. The Balaban J connectivity index is 1.64. The minimum atomic E-state index is 0.417. The average molecular weight is 259 g/mol. The lowest BCUT2D eigenvalue weighted by Crippen LogP contribution is -2.36. The van der Waals surface area contributed by atoms with E-state index in [4.69, 9.17) is 4.74 Å². The highest BCUT2D eigenvalue weighted by Crippen LogP contribution is 2.27. The molecular formula is C17H25NO. The third-order valence-electron chi connectivity index (χ3n) is 4.53. The molecule has 0 bridgehead atoms. The van der Waals surface area contributed by atoms with E-state index in [9.17, 15) is 0 Å². The molecule has 1 aromatic carbocycles. The second-order valence-corrected chi connectivity index (χ2v) is 6.36. The number of aryl methyl sites for hydroxylation is 2. The molecule has 1 aliphatic carbocycles. The standard InChI is InChI=1S/C17H25NO/c1-12(2)17-11-16(8-9-19-17)18-15-7-6-13-4-3-5-14(13)10-15/h6-7,10,12,16-18H,3-5,8-9,11H2,1-2H3. The molecule has 0 saturated carbocycles. The summed E-state index contributed by atoms with van der Waals surface area (Å²) in [6, 6.07) is 7.50. The van der Waals surface area contributed by atoms with E-state index in [1.54, 1.807) is 11.1 Å². The topological polar surface area (TPSA) is 21.3 Å². The highest BCUT2D eigenvalue weighted by molar-refractivity contribution is 5.50. The number of anilines is 1. The molecule has 1 heterocycles. The van der Waals surface area contributed by atoms with Crippen molar-refractivity contribution in [3.05, 3.63) is 29.3 Å². The number of nitrogens with one attached hydrogen (secondary N) is 1. The van der Waals surface area contributed by atoms with Gasteiger partial charge in [-0.3, -0.25) is 0 Å². The normalized spacial score (nSPS) is 26.5. The number of rotatable bonds is 3. The van der Waals surface area contributed by atoms with E-state index >= 15 is 0 Å². The Kier molecular flexibility index (Phi) is 3.79. The summed E-state index contributed by atoms with van der Waals surface area (Å²) in [5.74, 6) is 0.615. The molecule has 0 radical (unpaired) electrons. The average Bonchev–Trinajstić information content (AvgIpc) is 2.86. The first-order valence-corrected chi connectivity index (χ1v) is 7.72. The molecule has 0 aromatic heterocycles. The summed E-state index contributed by atoms with van der Waals surface area (Å²) >= 11 is 0. The van der Waals surface area contributed by atoms with Crippen molar-refractivity contribution in [3.8, 4) is 0 Å². The molecule has 2 nitrogen and oxygen atoms in total. The molecule has 2 unspecified atom stereocenters. The largest absolute Gasteiger partial charge is 0.382 e. The minimum absolute atomic E-state index is 0.417. The lowest BCUT2D eigenvalue weighted by Gasteiger charge is -2.33. The van der Waals surface area contributed by atoms with Gasteiger partial charge in [0.05, 0.1) is 6.10 Å². The number of benzene rings is 1. The summed E-state index contributed by atoms with van der Waals surface area (Å²) in [5.41, 5.74) is 4.41. The van der Waals surface area contributed by atoms with Crippen LogP contribution in [0.2, 0.25) is 0 Å². The number of fused-ring (bicyclic) bond motifs is 1. The van der Waals surface area contributed by atoms with Gasteiger partial charge in [-0.2, -0.15) is 0 Å². The van der Waals surface area contributed by atoms with E-state index in [0.29, 0.717) is 18.1 Å². The van der Waals surface area contributed by atoms with Crippen LogP contribution in [0.15, 0.2) is 18.2 Å². The monoisotopic (exact) mass is 259 g/mol. The molecule has 1 N–H and O–H groups in total. The predicted molar refractivity (Wildman–Crippen MR) is 79.7 cm³/mol. The molecule has 2 atom stereocenters. The zero-order chi connectivity index (χ0) is 13.2. The van der Waals surface area contributed by atoms with Gasteiger partial charge >= 0.3 is 0 Å². The predicted octanol–water partition coefficient (Wildman–Crippen LogP) is 3.79. The fraction of sp³-hybridized carbons (Fsp3) is 0.647. The van der Waals surface area contributed by atoms with Crippen molar-refractivity contribution in [2.45, 2.75) is 58.1 Å². The van der Waals surface area contributed by atoms with Crippen LogP contribution in [-0.4, -0.2) is 18.8 Å². The Bertz CT molecular complexity index is 441. The Hall–Kier alpha value is -1.02. The van der Waals surface area contributed by atoms with Gasteiger partial charge in [-0.25, -0.2) is 0 Å². The maximum absolute atomic E-state index is 5.84. The molecule has 19 heavy (non-hydrogen) atoms. The Morgan fingerprint density at radius 2 is 2.05 bits per heavy atom. The highest BCUT2D eigenvalue weighted by atomic mass is 16.5. The fourth-order valence-corrected chi connectivity index (χ4v) is 3.32. The van der Waals surface area contributed by atoms with Crippen LogP contribution in [0.5, 0.6) is 0 Å². The summed E-state index contributed by atoms with van der Waals surface area (Å²) in [5, 5.41) is 3.72. The van der Waals surface area contributed by atoms with Crippen molar-refractivity contribution >= 4 is 5.69 Å². The van der Waals surface area contributed by atoms with E-state index in [1.807, 2.05) is 0 Å². The first-order valence-electron chi connectivity index (χ1n) is 7.72. The van der Waals surface area contributed by atoms with Crippen LogP contribution in [0.4, 0.5) is 5.69 Å². The quantitative estimate of drug-likeness (QED) is 0.891. The van der Waals surface area contributed by atoms with Gasteiger partial charge in [0.2, 0.25) is 0 Å². The van der Waals surface area contributed by atoms with E-state index in [2.05, 4.69) is 37.4 Å². The summed E-state index contributed by atoms with van der Waals surface area (Å²) < 4.78 is 5.84. The Labute approximate surface area is 116 Å². The molecule has 0 spiro atoms. The van der Waals surface area contributed by atoms with Gasteiger partial charge in [0.15, 0.2) is 0 Å². The van der Waals surface area contributed by atoms with Crippen LogP contribution in [0, 0.1) is 5.92 Å². The van der Waals surface area contributed by atoms with Crippen molar-refractivity contribution in [3.63, 3.8) is 0 Å². The lowest BCUT2D eigenvalue weighted by molar-refractivity contribution is -0.0160. The summed E-state index contributed by atoms with van der Waals surface area (Å²) in [4.78, 5) is 0. The van der Waals surface area contributed by atoms with Crippen LogP contribution in [0.1, 0.15) is 44.2 Å². The van der Waals surface area contributed by atoms with E-state index in [-0.39, 0.29) is 0 Å². The van der Waals surface area contributed by atoms with Crippen LogP contribution in [-0.2, 0) is 17.6 Å². The van der Waals surface area contributed by atoms with Gasteiger partial charge in [0.1, 0.15) is 0 Å². The summed E-state index contributed by atoms with van der Waals surface area (Å²) in [6.07, 6.45) is 6.52. The fourth-order valence-electron chi connectivity index (χ4n) is 3.32.